The van der Waals surface area contributed by atoms with Crippen LogP contribution in [0, 0.1) is 0 Å². The van der Waals surface area contributed by atoms with Gasteiger partial charge in [0.15, 0.2) is 0 Å². The van der Waals surface area contributed by atoms with Gasteiger partial charge in [-0.3, -0.25) is 9.89 Å². The molecule has 84 valence electrons. The van der Waals surface area contributed by atoms with E-state index >= 15 is 0 Å². The minimum atomic E-state index is -0.435. The summed E-state index contributed by atoms with van der Waals surface area (Å²) in [5, 5.41) is 7.72. The number of benzene rings is 1. The molecule has 1 amide bonds. The zero-order valence-corrected chi connectivity index (χ0v) is 8.92. The Morgan fingerprint density at radius 1 is 1.29 bits per heavy atom. The van der Waals surface area contributed by atoms with E-state index in [2.05, 4.69) is 10.2 Å². The van der Waals surface area contributed by atoms with E-state index < -0.39 is 5.91 Å². The lowest BCUT2D eigenvalue weighted by molar-refractivity contribution is 0.100. The number of nitrogens with zero attached hydrogens (tertiary/aromatic N) is 2. The highest BCUT2D eigenvalue weighted by molar-refractivity contribution is 6.05. The smallest absolute Gasteiger partial charge is 0.250 e. The molecule has 3 N–H and O–H groups in total. The number of amides is 1. The molecule has 0 aliphatic rings. The van der Waals surface area contributed by atoms with Crippen molar-refractivity contribution in [1.82, 2.24) is 14.8 Å². The fraction of sp³-hybridized carbons (Fsp3) is 0. The molecule has 5 nitrogen and oxygen atoms in total. The Morgan fingerprint density at radius 2 is 2.18 bits per heavy atom. The van der Waals surface area contributed by atoms with E-state index in [1.807, 2.05) is 35.0 Å². The third kappa shape index (κ3) is 1.40. The van der Waals surface area contributed by atoms with Crippen molar-refractivity contribution in [3.05, 3.63) is 48.3 Å². The van der Waals surface area contributed by atoms with Crippen LogP contribution in [0.25, 0.3) is 16.7 Å². The second-order valence-corrected chi connectivity index (χ2v) is 3.74. The topological polar surface area (TPSA) is 76.7 Å². The molecule has 0 saturated heterocycles. The monoisotopic (exact) mass is 226 g/mol. The van der Waals surface area contributed by atoms with Gasteiger partial charge in [-0.15, -0.1) is 0 Å². The summed E-state index contributed by atoms with van der Waals surface area (Å²) in [5.74, 6) is 0.365. The summed E-state index contributed by atoms with van der Waals surface area (Å²) in [6.07, 6.45) is 3.54. The first-order chi connectivity index (χ1) is 8.27. The molecule has 0 aliphatic carbocycles. The van der Waals surface area contributed by atoms with Gasteiger partial charge in [0.05, 0.1) is 17.3 Å². The zero-order valence-electron chi connectivity index (χ0n) is 8.92. The van der Waals surface area contributed by atoms with Gasteiger partial charge in [0.25, 0.3) is 5.91 Å². The molecule has 3 aromatic rings. The minimum absolute atomic E-state index is 0.435. The first-order valence-corrected chi connectivity index (χ1v) is 5.17. The third-order valence-corrected chi connectivity index (χ3v) is 2.72. The second-order valence-electron chi connectivity index (χ2n) is 3.74. The third-order valence-electron chi connectivity index (χ3n) is 2.72. The van der Waals surface area contributed by atoms with Crippen molar-refractivity contribution in [2.45, 2.75) is 0 Å². The van der Waals surface area contributed by atoms with Gasteiger partial charge in [-0.05, 0) is 12.1 Å². The Bertz CT molecular complexity index is 682. The first kappa shape index (κ1) is 9.65. The molecule has 0 fully saturated rings. The van der Waals surface area contributed by atoms with Gasteiger partial charge in [0, 0.05) is 17.6 Å². The number of fused-ring (bicyclic) bond motifs is 1. The van der Waals surface area contributed by atoms with Crippen LogP contribution in [0.4, 0.5) is 0 Å². The molecule has 2 heterocycles. The van der Waals surface area contributed by atoms with Gasteiger partial charge in [0.2, 0.25) is 0 Å². The summed E-state index contributed by atoms with van der Waals surface area (Å²) in [7, 11) is 0. The largest absolute Gasteiger partial charge is 0.366 e. The Kier molecular flexibility index (Phi) is 1.98. The SMILES string of the molecule is NC(=O)c1cccc2ccn(-c3ccn[nH]3)c12. The lowest BCUT2D eigenvalue weighted by atomic mass is 10.1. The molecule has 2 aromatic heterocycles. The van der Waals surface area contributed by atoms with Crippen LogP contribution in [-0.2, 0) is 0 Å². The molecular weight excluding hydrogens is 216 g/mol. The number of aromatic nitrogens is 3. The van der Waals surface area contributed by atoms with Crippen molar-refractivity contribution < 1.29 is 4.79 Å². The number of aromatic amines is 1. The van der Waals surface area contributed by atoms with Gasteiger partial charge in [-0.25, -0.2) is 0 Å². The Labute approximate surface area is 96.9 Å². The van der Waals surface area contributed by atoms with Crippen LogP contribution in [0.3, 0.4) is 0 Å². The number of rotatable bonds is 2. The lowest BCUT2D eigenvalue weighted by Gasteiger charge is -2.05. The Hall–Kier alpha value is -2.56. The fourth-order valence-corrected chi connectivity index (χ4v) is 1.98. The Balaban J connectivity index is 2.37. The lowest BCUT2D eigenvalue weighted by Crippen LogP contribution is -2.12. The number of carbonyl (C=O) groups is 1. The molecule has 0 spiro atoms. The maximum absolute atomic E-state index is 11.4. The number of nitrogens with two attached hydrogens (primary N) is 1. The summed E-state index contributed by atoms with van der Waals surface area (Å²) in [6.45, 7) is 0. The van der Waals surface area contributed by atoms with Crippen molar-refractivity contribution in [3.8, 4) is 5.82 Å². The van der Waals surface area contributed by atoms with Gasteiger partial charge in [0.1, 0.15) is 5.82 Å². The zero-order chi connectivity index (χ0) is 11.8. The molecule has 0 bridgehead atoms. The molecule has 0 saturated carbocycles. The standard InChI is InChI=1S/C12H10N4O/c13-12(17)9-3-1-2-8-5-7-16(11(8)9)10-4-6-14-15-10/h1-7H,(H2,13,17)(H,14,15). The number of hydrogen-bond acceptors (Lipinski definition) is 2. The highest BCUT2D eigenvalue weighted by Gasteiger charge is 2.11. The average Bonchev–Trinajstić information content (AvgIpc) is 2.96. The van der Waals surface area contributed by atoms with E-state index in [1.165, 1.54) is 0 Å². The van der Waals surface area contributed by atoms with Crippen molar-refractivity contribution >= 4 is 16.8 Å². The van der Waals surface area contributed by atoms with Crippen molar-refractivity contribution in [3.63, 3.8) is 0 Å². The van der Waals surface area contributed by atoms with Crippen molar-refractivity contribution in [2.24, 2.45) is 5.73 Å². The quantitative estimate of drug-likeness (QED) is 0.693. The first-order valence-electron chi connectivity index (χ1n) is 5.17. The molecular formula is C12H10N4O. The molecule has 0 radical (unpaired) electrons. The molecule has 3 rings (SSSR count). The maximum Gasteiger partial charge on any atom is 0.250 e. The van der Waals surface area contributed by atoms with Crippen LogP contribution in [0.15, 0.2) is 42.7 Å². The molecule has 1 aromatic carbocycles. The maximum atomic E-state index is 11.4. The van der Waals surface area contributed by atoms with Gasteiger partial charge >= 0.3 is 0 Å². The van der Waals surface area contributed by atoms with Crippen LogP contribution in [0.2, 0.25) is 0 Å². The van der Waals surface area contributed by atoms with Crippen LogP contribution in [0.1, 0.15) is 10.4 Å². The predicted molar refractivity (Wildman–Crippen MR) is 63.9 cm³/mol. The van der Waals surface area contributed by atoms with E-state index in [4.69, 9.17) is 5.73 Å². The molecule has 17 heavy (non-hydrogen) atoms. The van der Waals surface area contributed by atoms with E-state index in [0.29, 0.717) is 5.56 Å². The summed E-state index contributed by atoms with van der Waals surface area (Å²) < 4.78 is 1.86. The number of para-hydroxylation sites is 1. The number of H-pyrrole nitrogens is 1. The van der Waals surface area contributed by atoms with Crippen LogP contribution < -0.4 is 5.73 Å². The summed E-state index contributed by atoms with van der Waals surface area (Å²) in [5.41, 5.74) is 6.68. The van der Waals surface area contributed by atoms with E-state index in [1.54, 1.807) is 12.3 Å². The van der Waals surface area contributed by atoms with E-state index in [-0.39, 0.29) is 0 Å². The van der Waals surface area contributed by atoms with Gasteiger partial charge in [-0.1, -0.05) is 12.1 Å². The summed E-state index contributed by atoms with van der Waals surface area (Å²) in [6, 6.07) is 9.24. The molecule has 0 atom stereocenters. The molecule has 0 unspecified atom stereocenters. The second kappa shape index (κ2) is 3.48. The number of primary amides is 1. The van der Waals surface area contributed by atoms with Crippen molar-refractivity contribution in [2.75, 3.05) is 0 Å². The summed E-state index contributed by atoms with van der Waals surface area (Å²) in [4.78, 5) is 11.4. The molecule has 0 aliphatic heterocycles. The van der Waals surface area contributed by atoms with Crippen LogP contribution in [-0.4, -0.2) is 20.7 Å². The highest BCUT2D eigenvalue weighted by atomic mass is 16.1. The van der Waals surface area contributed by atoms with Gasteiger partial charge < -0.3 is 10.3 Å². The normalized spacial score (nSPS) is 10.8. The minimum Gasteiger partial charge on any atom is -0.366 e. The average molecular weight is 226 g/mol. The van der Waals surface area contributed by atoms with Crippen LogP contribution in [0.5, 0.6) is 0 Å². The fourth-order valence-electron chi connectivity index (χ4n) is 1.98. The molecule has 5 heteroatoms. The van der Waals surface area contributed by atoms with Gasteiger partial charge in [-0.2, -0.15) is 5.10 Å². The van der Waals surface area contributed by atoms with Crippen LogP contribution >= 0.6 is 0 Å². The summed E-state index contributed by atoms with van der Waals surface area (Å²) >= 11 is 0. The number of hydrogen-bond donors (Lipinski definition) is 2. The van der Waals surface area contributed by atoms with E-state index in [0.717, 1.165) is 16.7 Å². The van der Waals surface area contributed by atoms with Crippen molar-refractivity contribution in [1.29, 1.82) is 0 Å². The van der Waals surface area contributed by atoms with E-state index in [9.17, 15) is 4.79 Å². The number of nitrogens with one attached hydrogen (secondary N) is 1. The number of carbonyl (C=O) groups excluding carboxylic acids is 1. The predicted octanol–water partition coefficient (Wildman–Crippen LogP) is 1.45. The Morgan fingerprint density at radius 3 is 2.88 bits per heavy atom. The highest BCUT2D eigenvalue weighted by Crippen LogP contribution is 2.22.